The molecule has 0 aliphatic heterocycles. The van der Waals surface area contributed by atoms with Gasteiger partial charge in [-0.1, -0.05) is 17.7 Å². The molecule has 0 bridgehead atoms. The molecule has 3 nitrogen and oxygen atoms in total. The Bertz CT molecular complexity index is 697. The van der Waals surface area contributed by atoms with Gasteiger partial charge >= 0.3 is 12.1 Å². The lowest BCUT2D eigenvalue weighted by Crippen LogP contribution is -2.27. The Kier molecular flexibility index (Phi) is 6.36. The number of aryl methyl sites for hydroxylation is 1. The van der Waals surface area contributed by atoms with E-state index in [1.807, 2.05) is 31.2 Å². The lowest BCUT2D eigenvalue weighted by molar-refractivity contribution is -0.145. The summed E-state index contributed by atoms with van der Waals surface area (Å²) in [6.45, 7) is 1.98. The number of ether oxygens (including phenoxy) is 1. The van der Waals surface area contributed by atoms with Gasteiger partial charge in [0.05, 0.1) is 5.56 Å². The number of halogens is 3. The van der Waals surface area contributed by atoms with E-state index in [4.69, 9.17) is 4.74 Å². The molecule has 0 saturated heterocycles. The van der Waals surface area contributed by atoms with Gasteiger partial charge in [-0.2, -0.15) is 13.2 Å². The van der Waals surface area contributed by atoms with Crippen LogP contribution >= 0.6 is 11.8 Å². The number of benzene rings is 2. The second-order valence-corrected chi connectivity index (χ2v) is 6.59. The van der Waals surface area contributed by atoms with Crippen LogP contribution in [0.5, 0.6) is 5.75 Å². The predicted molar refractivity (Wildman–Crippen MR) is 90.0 cm³/mol. The lowest BCUT2D eigenvalue weighted by atomic mass is 10.2. The first kappa shape index (κ1) is 19.2. The summed E-state index contributed by atoms with van der Waals surface area (Å²) in [4.78, 5) is 12.3. The number of hydrogen-bond acceptors (Lipinski definition) is 3. The number of carbonyl (C=O) groups is 1. The van der Waals surface area contributed by atoms with Crippen LogP contribution in [0.25, 0.3) is 0 Å². The Hall–Kier alpha value is -2.15. The van der Waals surface area contributed by atoms with Crippen LogP contribution in [-0.4, -0.2) is 22.9 Å². The minimum atomic E-state index is -4.44. The molecule has 2 rings (SSSR count). The summed E-state index contributed by atoms with van der Waals surface area (Å²) in [5.41, 5.74) is 0.333. The van der Waals surface area contributed by atoms with Crippen molar-refractivity contribution in [3.8, 4) is 5.75 Å². The number of carboxylic acid groups (broad SMARTS) is 1. The molecule has 0 heterocycles. The normalized spacial score (nSPS) is 12.6. The number of alkyl halides is 3. The average molecular weight is 370 g/mol. The molecule has 0 spiro atoms. The van der Waals surface area contributed by atoms with Crippen molar-refractivity contribution in [3.63, 3.8) is 0 Å². The van der Waals surface area contributed by atoms with Gasteiger partial charge in [-0.15, -0.1) is 11.8 Å². The highest BCUT2D eigenvalue weighted by atomic mass is 32.2. The molecular weight excluding hydrogens is 353 g/mol. The second-order valence-electron chi connectivity index (χ2n) is 5.42. The van der Waals surface area contributed by atoms with Gasteiger partial charge in [-0.25, -0.2) is 4.79 Å². The van der Waals surface area contributed by atoms with Gasteiger partial charge < -0.3 is 9.84 Å². The van der Waals surface area contributed by atoms with E-state index in [0.717, 1.165) is 34.7 Å². The Morgan fingerprint density at radius 3 is 2.24 bits per heavy atom. The first-order chi connectivity index (χ1) is 11.8. The van der Waals surface area contributed by atoms with Crippen molar-refractivity contribution in [2.24, 2.45) is 0 Å². The first-order valence-electron chi connectivity index (χ1n) is 7.52. The van der Waals surface area contributed by atoms with Crippen molar-refractivity contribution in [1.29, 1.82) is 0 Å². The quantitative estimate of drug-likeness (QED) is 0.695. The van der Waals surface area contributed by atoms with Crippen LogP contribution in [-0.2, 0) is 11.0 Å². The minimum Gasteiger partial charge on any atom is -0.479 e. The summed E-state index contributed by atoms with van der Waals surface area (Å²) in [6.07, 6.45) is -5.32. The topological polar surface area (TPSA) is 46.5 Å². The van der Waals surface area contributed by atoms with Crippen molar-refractivity contribution in [3.05, 3.63) is 59.7 Å². The van der Waals surface area contributed by atoms with Gasteiger partial charge in [0.1, 0.15) is 5.75 Å². The highest BCUT2D eigenvalue weighted by Crippen LogP contribution is 2.30. The number of aliphatic carboxylic acids is 1. The molecule has 25 heavy (non-hydrogen) atoms. The maximum atomic E-state index is 12.5. The molecule has 0 unspecified atom stereocenters. The van der Waals surface area contributed by atoms with E-state index in [1.54, 1.807) is 0 Å². The lowest BCUT2D eigenvalue weighted by Gasteiger charge is -2.15. The fraction of sp³-hybridized carbons (Fsp3) is 0.278. The average Bonchev–Trinajstić information content (AvgIpc) is 2.55. The van der Waals surface area contributed by atoms with Crippen LogP contribution in [0.1, 0.15) is 17.5 Å². The highest BCUT2D eigenvalue weighted by Gasteiger charge is 2.30. The van der Waals surface area contributed by atoms with E-state index in [9.17, 15) is 23.1 Å². The van der Waals surface area contributed by atoms with Crippen LogP contribution in [0.3, 0.4) is 0 Å². The SMILES string of the molecule is Cc1ccc(SCC[C@H](Oc2ccc(C(F)(F)F)cc2)C(=O)O)cc1. The molecule has 134 valence electrons. The first-order valence-corrected chi connectivity index (χ1v) is 8.50. The summed E-state index contributed by atoms with van der Waals surface area (Å²) in [6, 6.07) is 11.8. The number of rotatable bonds is 7. The van der Waals surface area contributed by atoms with Crippen LogP contribution in [0.2, 0.25) is 0 Å². The van der Waals surface area contributed by atoms with E-state index < -0.39 is 23.8 Å². The molecule has 2 aromatic rings. The second kappa shape index (κ2) is 8.29. The molecule has 0 radical (unpaired) electrons. The van der Waals surface area contributed by atoms with Gasteiger partial charge in [0, 0.05) is 17.1 Å². The Morgan fingerprint density at radius 1 is 1.12 bits per heavy atom. The zero-order valence-electron chi connectivity index (χ0n) is 13.4. The largest absolute Gasteiger partial charge is 0.479 e. The van der Waals surface area contributed by atoms with Gasteiger partial charge in [0.15, 0.2) is 6.10 Å². The van der Waals surface area contributed by atoms with Gasteiger partial charge in [-0.3, -0.25) is 0 Å². The molecule has 0 saturated carbocycles. The molecule has 7 heteroatoms. The van der Waals surface area contributed by atoms with Gasteiger partial charge in [-0.05, 0) is 43.3 Å². The van der Waals surface area contributed by atoms with Crippen molar-refractivity contribution in [2.45, 2.75) is 30.5 Å². The fourth-order valence-electron chi connectivity index (χ4n) is 2.04. The van der Waals surface area contributed by atoms with Crippen LogP contribution in [0.4, 0.5) is 13.2 Å². The fourth-order valence-corrected chi connectivity index (χ4v) is 2.93. The van der Waals surface area contributed by atoms with Crippen LogP contribution < -0.4 is 4.74 Å². The number of carboxylic acids is 1. The molecule has 1 N–H and O–H groups in total. The molecule has 1 atom stereocenters. The number of hydrogen-bond donors (Lipinski definition) is 1. The summed E-state index contributed by atoms with van der Waals surface area (Å²) >= 11 is 1.50. The van der Waals surface area contributed by atoms with Crippen LogP contribution in [0, 0.1) is 6.92 Å². The van der Waals surface area contributed by atoms with Crippen molar-refractivity contribution in [1.82, 2.24) is 0 Å². The molecular formula is C18H17F3O3S. The van der Waals surface area contributed by atoms with Crippen LogP contribution in [0.15, 0.2) is 53.4 Å². The third-order valence-electron chi connectivity index (χ3n) is 3.41. The molecule has 0 fully saturated rings. The summed E-state index contributed by atoms with van der Waals surface area (Å²) in [7, 11) is 0. The molecule has 0 aliphatic rings. The monoisotopic (exact) mass is 370 g/mol. The van der Waals surface area contributed by atoms with E-state index in [-0.39, 0.29) is 12.2 Å². The van der Waals surface area contributed by atoms with E-state index in [2.05, 4.69) is 0 Å². The van der Waals surface area contributed by atoms with Gasteiger partial charge in [0.25, 0.3) is 0 Å². The van der Waals surface area contributed by atoms with Gasteiger partial charge in [0.2, 0.25) is 0 Å². The standard InChI is InChI=1S/C18H17F3O3S/c1-12-2-8-15(9-3-12)25-11-10-16(17(22)23)24-14-6-4-13(5-7-14)18(19,20)21/h2-9,16H,10-11H2,1H3,(H,22,23)/t16-/m0/s1. The molecule has 0 amide bonds. The van der Waals surface area contributed by atoms with Crippen molar-refractivity contribution >= 4 is 17.7 Å². The Morgan fingerprint density at radius 2 is 1.72 bits per heavy atom. The summed E-state index contributed by atoms with van der Waals surface area (Å²) in [5.74, 6) is -0.536. The third-order valence-corrected chi connectivity index (χ3v) is 4.45. The zero-order chi connectivity index (χ0) is 18.4. The maximum Gasteiger partial charge on any atom is 0.416 e. The number of thioether (sulfide) groups is 1. The summed E-state index contributed by atoms with van der Waals surface area (Å²) in [5, 5.41) is 9.24. The van der Waals surface area contributed by atoms with E-state index >= 15 is 0 Å². The minimum absolute atomic E-state index is 0.0979. The predicted octanol–water partition coefficient (Wildman–Crippen LogP) is 5.03. The highest BCUT2D eigenvalue weighted by molar-refractivity contribution is 7.99. The molecule has 2 aromatic carbocycles. The summed E-state index contributed by atoms with van der Waals surface area (Å²) < 4.78 is 42.9. The molecule has 0 aromatic heterocycles. The van der Waals surface area contributed by atoms with Crippen molar-refractivity contribution in [2.75, 3.05) is 5.75 Å². The van der Waals surface area contributed by atoms with Crippen molar-refractivity contribution < 1.29 is 27.8 Å². The molecule has 0 aliphatic carbocycles. The zero-order valence-corrected chi connectivity index (χ0v) is 14.2. The maximum absolute atomic E-state index is 12.5. The Labute approximate surface area is 147 Å². The van der Waals surface area contributed by atoms with E-state index in [1.165, 1.54) is 11.8 Å². The Balaban J connectivity index is 1.92. The van der Waals surface area contributed by atoms with E-state index in [0.29, 0.717) is 5.75 Å². The third kappa shape index (κ3) is 6.01. The smallest absolute Gasteiger partial charge is 0.416 e.